The van der Waals surface area contributed by atoms with Crippen LogP contribution in [0.4, 0.5) is 0 Å². The highest BCUT2D eigenvalue weighted by Crippen LogP contribution is 2.39. The number of hydrogen-bond acceptors (Lipinski definition) is 5. The van der Waals surface area contributed by atoms with Crippen LogP contribution < -0.4 is 4.74 Å². The van der Waals surface area contributed by atoms with Crippen molar-refractivity contribution < 1.29 is 22.7 Å². The number of aryl methyl sites for hydroxylation is 2. The van der Waals surface area contributed by atoms with Gasteiger partial charge < -0.3 is 9.47 Å². The van der Waals surface area contributed by atoms with E-state index in [9.17, 15) is 13.2 Å². The van der Waals surface area contributed by atoms with E-state index in [2.05, 4.69) is 4.74 Å². The molecule has 21 heavy (non-hydrogen) atoms. The number of carbonyl (C=O) groups excluding carboxylic acids is 1. The summed E-state index contributed by atoms with van der Waals surface area (Å²) in [5.74, 6) is 0.287. The van der Waals surface area contributed by atoms with E-state index in [1.54, 1.807) is 6.92 Å². The second-order valence-electron chi connectivity index (χ2n) is 5.47. The molecule has 1 aromatic rings. The monoisotopic (exact) mass is 332 g/mol. The highest BCUT2D eigenvalue weighted by atomic mass is 35.7. The van der Waals surface area contributed by atoms with E-state index in [-0.39, 0.29) is 17.3 Å². The van der Waals surface area contributed by atoms with E-state index >= 15 is 0 Å². The standard InChI is InChI=1S/C14H17ClO5S/c1-9-6-11(21(15,17)18)7-10-4-5-14(2,20-13(9)10)8-12(16)19-3/h6-7H,4-5,8H2,1-3H3. The van der Waals surface area contributed by atoms with Crippen LogP contribution in [0.5, 0.6) is 5.75 Å². The summed E-state index contributed by atoms with van der Waals surface area (Å²) in [6.07, 6.45) is 1.36. The number of fused-ring (bicyclic) bond motifs is 1. The Morgan fingerprint density at radius 3 is 2.71 bits per heavy atom. The Morgan fingerprint density at radius 1 is 1.48 bits per heavy atom. The Kier molecular flexibility index (Phi) is 4.22. The second-order valence-corrected chi connectivity index (χ2v) is 8.04. The van der Waals surface area contributed by atoms with Gasteiger partial charge in [0.05, 0.1) is 18.4 Å². The van der Waals surface area contributed by atoms with Crippen LogP contribution in [0.3, 0.4) is 0 Å². The number of halogens is 1. The highest BCUT2D eigenvalue weighted by molar-refractivity contribution is 8.13. The minimum Gasteiger partial charge on any atom is -0.486 e. The van der Waals surface area contributed by atoms with Gasteiger partial charge in [-0.3, -0.25) is 4.79 Å². The maximum Gasteiger partial charge on any atom is 0.309 e. The molecule has 1 unspecified atom stereocenters. The molecular formula is C14H17ClO5S. The van der Waals surface area contributed by atoms with Crippen molar-refractivity contribution in [2.45, 2.75) is 43.6 Å². The zero-order chi connectivity index (χ0) is 15.8. The van der Waals surface area contributed by atoms with Gasteiger partial charge in [-0.2, -0.15) is 0 Å². The molecule has 1 aromatic carbocycles. The maximum absolute atomic E-state index is 11.5. The molecule has 2 rings (SSSR count). The van der Waals surface area contributed by atoms with Crippen LogP contribution in [0.25, 0.3) is 0 Å². The lowest BCUT2D eigenvalue weighted by Crippen LogP contribution is -2.39. The van der Waals surface area contributed by atoms with E-state index in [0.717, 1.165) is 5.56 Å². The van der Waals surface area contributed by atoms with Crippen molar-refractivity contribution in [3.05, 3.63) is 23.3 Å². The third-order valence-corrected chi connectivity index (χ3v) is 4.96. The fraction of sp³-hybridized carbons (Fsp3) is 0.500. The summed E-state index contributed by atoms with van der Waals surface area (Å²) < 4.78 is 33.5. The Morgan fingerprint density at radius 2 is 2.14 bits per heavy atom. The topological polar surface area (TPSA) is 69.7 Å². The van der Waals surface area contributed by atoms with E-state index in [1.807, 2.05) is 6.92 Å². The van der Waals surface area contributed by atoms with Gasteiger partial charge in [-0.05, 0) is 49.9 Å². The molecule has 0 amide bonds. The smallest absolute Gasteiger partial charge is 0.309 e. The molecule has 1 aliphatic heterocycles. The van der Waals surface area contributed by atoms with Gasteiger partial charge in [0, 0.05) is 10.7 Å². The summed E-state index contributed by atoms with van der Waals surface area (Å²) in [5.41, 5.74) is 0.825. The van der Waals surface area contributed by atoms with E-state index in [0.29, 0.717) is 24.2 Å². The molecule has 1 heterocycles. The van der Waals surface area contributed by atoms with Crippen molar-refractivity contribution in [3.8, 4) is 5.75 Å². The van der Waals surface area contributed by atoms with Gasteiger partial charge in [0.2, 0.25) is 0 Å². The number of ether oxygens (including phenoxy) is 2. The quantitative estimate of drug-likeness (QED) is 0.628. The summed E-state index contributed by atoms with van der Waals surface area (Å²) >= 11 is 0. The van der Waals surface area contributed by atoms with Crippen molar-refractivity contribution in [2.24, 2.45) is 0 Å². The van der Waals surface area contributed by atoms with Crippen LogP contribution in [0.15, 0.2) is 17.0 Å². The van der Waals surface area contributed by atoms with Crippen LogP contribution in [-0.4, -0.2) is 27.1 Å². The molecule has 0 bridgehead atoms. The fourth-order valence-corrected chi connectivity index (χ4v) is 3.35. The Bertz CT molecular complexity index is 683. The molecule has 0 aromatic heterocycles. The van der Waals surface area contributed by atoms with E-state index in [1.165, 1.54) is 19.2 Å². The van der Waals surface area contributed by atoms with Crippen LogP contribution in [0, 0.1) is 6.92 Å². The van der Waals surface area contributed by atoms with Crippen molar-refractivity contribution in [2.75, 3.05) is 7.11 Å². The molecule has 7 heteroatoms. The van der Waals surface area contributed by atoms with Gasteiger partial charge in [0.25, 0.3) is 9.05 Å². The second kappa shape index (κ2) is 5.50. The third-order valence-electron chi connectivity index (χ3n) is 3.62. The highest BCUT2D eigenvalue weighted by Gasteiger charge is 2.35. The van der Waals surface area contributed by atoms with Crippen molar-refractivity contribution in [3.63, 3.8) is 0 Å². The number of esters is 1. The largest absolute Gasteiger partial charge is 0.486 e. The van der Waals surface area contributed by atoms with Crippen molar-refractivity contribution in [1.82, 2.24) is 0 Å². The van der Waals surface area contributed by atoms with Crippen LogP contribution in [0.1, 0.15) is 30.9 Å². The van der Waals surface area contributed by atoms with E-state index < -0.39 is 14.7 Å². The SMILES string of the molecule is COC(=O)CC1(C)CCc2cc(S(=O)(=O)Cl)cc(C)c2O1. The number of hydrogen-bond donors (Lipinski definition) is 0. The number of rotatable bonds is 3. The summed E-state index contributed by atoms with van der Waals surface area (Å²) in [4.78, 5) is 11.5. The molecule has 1 aliphatic rings. The molecule has 0 saturated heterocycles. The first-order chi connectivity index (χ1) is 9.64. The fourth-order valence-electron chi connectivity index (χ4n) is 2.48. The lowest BCUT2D eigenvalue weighted by Gasteiger charge is -2.36. The first kappa shape index (κ1) is 16.1. The summed E-state index contributed by atoms with van der Waals surface area (Å²) in [7, 11) is 2.96. The molecule has 1 atom stereocenters. The minimum atomic E-state index is -3.77. The van der Waals surface area contributed by atoms with Crippen molar-refractivity contribution in [1.29, 1.82) is 0 Å². The lowest BCUT2D eigenvalue weighted by atomic mass is 9.89. The van der Waals surface area contributed by atoms with Gasteiger partial charge in [-0.25, -0.2) is 8.42 Å². The van der Waals surface area contributed by atoms with Gasteiger partial charge in [0.15, 0.2) is 0 Å². The molecule has 0 radical (unpaired) electrons. The first-order valence-electron chi connectivity index (χ1n) is 6.49. The summed E-state index contributed by atoms with van der Waals surface area (Å²) in [5, 5.41) is 0. The normalized spacial score (nSPS) is 21.3. The molecule has 116 valence electrons. The average molecular weight is 333 g/mol. The van der Waals surface area contributed by atoms with Crippen LogP contribution >= 0.6 is 10.7 Å². The maximum atomic E-state index is 11.5. The van der Waals surface area contributed by atoms with Crippen LogP contribution in [0.2, 0.25) is 0 Å². The zero-order valence-electron chi connectivity index (χ0n) is 12.1. The van der Waals surface area contributed by atoms with Gasteiger partial charge in [0.1, 0.15) is 11.4 Å². The first-order valence-corrected chi connectivity index (χ1v) is 8.79. The molecule has 0 N–H and O–H groups in total. The van der Waals surface area contributed by atoms with Gasteiger partial charge >= 0.3 is 5.97 Å². The summed E-state index contributed by atoms with van der Waals surface area (Å²) in [6.45, 7) is 3.60. The minimum absolute atomic E-state index is 0.0700. The van der Waals surface area contributed by atoms with Gasteiger partial charge in [-0.1, -0.05) is 0 Å². The molecule has 5 nitrogen and oxygen atoms in total. The average Bonchev–Trinajstić information content (AvgIpc) is 2.38. The Hall–Kier alpha value is -1.27. The summed E-state index contributed by atoms with van der Waals surface area (Å²) in [6, 6.07) is 3.01. The molecule has 0 spiro atoms. The Labute approximate surface area is 128 Å². The number of methoxy groups -OCH3 is 1. The van der Waals surface area contributed by atoms with Gasteiger partial charge in [-0.15, -0.1) is 0 Å². The number of benzene rings is 1. The molecule has 0 aliphatic carbocycles. The Balaban J connectivity index is 2.36. The van der Waals surface area contributed by atoms with Crippen molar-refractivity contribution >= 4 is 25.7 Å². The lowest BCUT2D eigenvalue weighted by molar-refractivity contribution is -0.145. The third kappa shape index (κ3) is 3.49. The molecule has 0 saturated carbocycles. The molecule has 0 fully saturated rings. The zero-order valence-corrected chi connectivity index (χ0v) is 13.7. The predicted octanol–water partition coefficient (Wildman–Crippen LogP) is 2.57. The molecular weight excluding hydrogens is 316 g/mol. The van der Waals surface area contributed by atoms with E-state index in [4.69, 9.17) is 15.4 Å². The predicted molar refractivity (Wildman–Crippen MR) is 78.2 cm³/mol. The number of carbonyl (C=O) groups is 1. The van der Waals surface area contributed by atoms with Crippen LogP contribution in [-0.2, 0) is 25.0 Å².